The average molecular weight is 224 g/mol. The summed E-state index contributed by atoms with van der Waals surface area (Å²) >= 11 is 0. The maximum absolute atomic E-state index is 5.87. The molecule has 1 nitrogen and oxygen atoms in total. The van der Waals surface area contributed by atoms with Crippen LogP contribution in [0.5, 0.6) is 0 Å². The lowest BCUT2D eigenvalue weighted by atomic mass is 9.75. The van der Waals surface area contributed by atoms with Gasteiger partial charge in [-0.05, 0) is 18.1 Å². The first-order valence-electron chi connectivity index (χ1n) is 6.05. The molecule has 1 heteroatoms. The summed E-state index contributed by atoms with van der Waals surface area (Å²) in [7, 11) is 0. The molecule has 0 saturated carbocycles. The highest BCUT2D eigenvalue weighted by molar-refractivity contribution is 5.33. The van der Waals surface area contributed by atoms with Gasteiger partial charge in [-0.3, -0.25) is 0 Å². The Kier molecular flexibility index (Phi) is 2.49. The Labute approximate surface area is 102 Å². The van der Waals surface area contributed by atoms with Gasteiger partial charge in [-0.15, -0.1) is 0 Å². The smallest absolute Gasteiger partial charge is 0.0993 e. The lowest BCUT2D eigenvalue weighted by Crippen LogP contribution is -2.46. The van der Waals surface area contributed by atoms with Crippen molar-refractivity contribution in [3.63, 3.8) is 0 Å². The number of hydrogen-bond acceptors (Lipinski definition) is 1. The molecule has 1 heterocycles. The maximum atomic E-state index is 5.87. The van der Waals surface area contributed by atoms with E-state index in [1.54, 1.807) is 0 Å². The SMILES string of the molecule is CC1(c2ccccc2)OCC1c1ccccc1. The zero-order valence-electron chi connectivity index (χ0n) is 9.97. The molecule has 1 aliphatic rings. The molecule has 0 aliphatic carbocycles. The molecule has 3 rings (SSSR count). The van der Waals surface area contributed by atoms with E-state index >= 15 is 0 Å². The van der Waals surface area contributed by atoms with Gasteiger partial charge in [-0.1, -0.05) is 60.7 Å². The summed E-state index contributed by atoms with van der Waals surface area (Å²) in [6.45, 7) is 3.00. The first-order chi connectivity index (χ1) is 8.31. The summed E-state index contributed by atoms with van der Waals surface area (Å²) in [5, 5.41) is 0. The molecule has 0 spiro atoms. The van der Waals surface area contributed by atoms with Gasteiger partial charge in [0.1, 0.15) is 0 Å². The summed E-state index contributed by atoms with van der Waals surface area (Å²) in [4.78, 5) is 0. The van der Waals surface area contributed by atoms with E-state index in [-0.39, 0.29) is 5.60 Å². The second-order valence-electron chi connectivity index (χ2n) is 4.75. The van der Waals surface area contributed by atoms with Gasteiger partial charge in [-0.25, -0.2) is 0 Å². The maximum Gasteiger partial charge on any atom is 0.0993 e. The third-order valence-electron chi connectivity index (χ3n) is 3.76. The lowest BCUT2D eigenvalue weighted by molar-refractivity contribution is -0.165. The van der Waals surface area contributed by atoms with Crippen molar-refractivity contribution >= 4 is 0 Å². The lowest BCUT2D eigenvalue weighted by Gasteiger charge is -2.47. The van der Waals surface area contributed by atoms with Gasteiger partial charge >= 0.3 is 0 Å². The normalized spacial score (nSPS) is 27.5. The molecular weight excluding hydrogens is 208 g/mol. The van der Waals surface area contributed by atoms with Crippen molar-refractivity contribution in [1.82, 2.24) is 0 Å². The van der Waals surface area contributed by atoms with Crippen LogP contribution < -0.4 is 0 Å². The number of rotatable bonds is 2. The molecule has 0 radical (unpaired) electrons. The fourth-order valence-electron chi connectivity index (χ4n) is 2.57. The molecule has 2 aromatic carbocycles. The topological polar surface area (TPSA) is 9.23 Å². The van der Waals surface area contributed by atoms with Gasteiger partial charge in [0.05, 0.1) is 12.2 Å². The van der Waals surface area contributed by atoms with Crippen LogP contribution in [-0.2, 0) is 10.3 Å². The van der Waals surface area contributed by atoms with Crippen LogP contribution in [0, 0.1) is 0 Å². The number of hydrogen-bond donors (Lipinski definition) is 0. The van der Waals surface area contributed by atoms with E-state index < -0.39 is 0 Å². The van der Waals surface area contributed by atoms with Crippen molar-refractivity contribution in [1.29, 1.82) is 0 Å². The third-order valence-corrected chi connectivity index (χ3v) is 3.76. The number of benzene rings is 2. The minimum Gasteiger partial charge on any atom is -0.369 e. The van der Waals surface area contributed by atoms with E-state index in [1.807, 2.05) is 6.07 Å². The van der Waals surface area contributed by atoms with Crippen LogP contribution >= 0.6 is 0 Å². The summed E-state index contributed by atoms with van der Waals surface area (Å²) in [6.07, 6.45) is 0. The highest BCUT2D eigenvalue weighted by Gasteiger charge is 2.46. The largest absolute Gasteiger partial charge is 0.369 e. The van der Waals surface area contributed by atoms with E-state index in [4.69, 9.17) is 4.74 Å². The first-order valence-corrected chi connectivity index (χ1v) is 6.05. The zero-order chi connectivity index (χ0) is 11.7. The third kappa shape index (κ3) is 1.67. The summed E-state index contributed by atoms with van der Waals surface area (Å²) < 4.78 is 5.87. The molecule has 1 aliphatic heterocycles. The van der Waals surface area contributed by atoms with E-state index in [1.165, 1.54) is 11.1 Å². The second-order valence-corrected chi connectivity index (χ2v) is 4.75. The van der Waals surface area contributed by atoms with Crippen molar-refractivity contribution < 1.29 is 4.74 Å². The monoisotopic (exact) mass is 224 g/mol. The Bertz CT molecular complexity index is 491. The van der Waals surface area contributed by atoms with Gasteiger partial charge in [0.25, 0.3) is 0 Å². The van der Waals surface area contributed by atoms with Crippen LogP contribution in [0.15, 0.2) is 60.7 Å². The Morgan fingerprint density at radius 2 is 1.53 bits per heavy atom. The first kappa shape index (κ1) is 10.5. The fourth-order valence-corrected chi connectivity index (χ4v) is 2.57. The zero-order valence-corrected chi connectivity index (χ0v) is 9.97. The second kappa shape index (κ2) is 4.01. The highest BCUT2D eigenvalue weighted by atomic mass is 16.5. The molecule has 0 aromatic heterocycles. The standard InChI is InChI=1S/C16H16O/c1-16(14-10-6-3-7-11-14)15(12-17-16)13-8-4-2-5-9-13/h2-11,15H,12H2,1H3. The van der Waals surface area contributed by atoms with Crippen LogP contribution in [0.2, 0.25) is 0 Å². The molecule has 0 amide bonds. The van der Waals surface area contributed by atoms with Crippen LogP contribution in [0.25, 0.3) is 0 Å². The van der Waals surface area contributed by atoms with Crippen LogP contribution in [-0.4, -0.2) is 6.61 Å². The minimum absolute atomic E-state index is 0.164. The molecule has 17 heavy (non-hydrogen) atoms. The van der Waals surface area contributed by atoms with Crippen molar-refractivity contribution in [2.45, 2.75) is 18.4 Å². The molecule has 86 valence electrons. The predicted molar refractivity (Wildman–Crippen MR) is 68.9 cm³/mol. The van der Waals surface area contributed by atoms with Gasteiger partial charge in [0.15, 0.2) is 0 Å². The Morgan fingerprint density at radius 1 is 0.941 bits per heavy atom. The average Bonchev–Trinajstić information content (AvgIpc) is 2.39. The van der Waals surface area contributed by atoms with Crippen molar-refractivity contribution in [3.05, 3.63) is 71.8 Å². The van der Waals surface area contributed by atoms with E-state index in [0.717, 1.165) is 6.61 Å². The molecule has 0 bridgehead atoms. The van der Waals surface area contributed by atoms with Crippen LogP contribution in [0.1, 0.15) is 24.0 Å². The minimum atomic E-state index is -0.164. The van der Waals surface area contributed by atoms with Crippen molar-refractivity contribution in [3.8, 4) is 0 Å². The van der Waals surface area contributed by atoms with Gasteiger partial charge in [0.2, 0.25) is 0 Å². The van der Waals surface area contributed by atoms with Crippen LogP contribution in [0.4, 0.5) is 0 Å². The molecule has 2 unspecified atom stereocenters. The van der Waals surface area contributed by atoms with E-state index in [0.29, 0.717) is 5.92 Å². The summed E-state index contributed by atoms with van der Waals surface area (Å²) in [5.74, 6) is 0.464. The summed E-state index contributed by atoms with van der Waals surface area (Å²) in [6, 6.07) is 21.1. The molecular formula is C16H16O. The summed E-state index contributed by atoms with van der Waals surface area (Å²) in [5.41, 5.74) is 2.47. The fraction of sp³-hybridized carbons (Fsp3) is 0.250. The van der Waals surface area contributed by atoms with Gasteiger partial charge in [-0.2, -0.15) is 0 Å². The highest BCUT2D eigenvalue weighted by Crippen LogP contribution is 2.47. The van der Waals surface area contributed by atoms with Crippen LogP contribution in [0.3, 0.4) is 0 Å². The quantitative estimate of drug-likeness (QED) is 0.755. The molecule has 2 aromatic rings. The van der Waals surface area contributed by atoms with Crippen molar-refractivity contribution in [2.75, 3.05) is 6.61 Å². The van der Waals surface area contributed by atoms with Crippen molar-refractivity contribution in [2.24, 2.45) is 0 Å². The Morgan fingerprint density at radius 3 is 2.06 bits per heavy atom. The molecule has 1 saturated heterocycles. The molecule has 0 N–H and O–H groups in total. The Hall–Kier alpha value is -1.60. The van der Waals surface area contributed by atoms with Gasteiger partial charge in [0, 0.05) is 5.92 Å². The predicted octanol–water partition coefficient (Wildman–Crippen LogP) is 3.72. The van der Waals surface area contributed by atoms with E-state index in [2.05, 4.69) is 61.5 Å². The molecule has 2 atom stereocenters. The Balaban J connectivity index is 1.95. The molecule has 1 fully saturated rings. The van der Waals surface area contributed by atoms with Gasteiger partial charge < -0.3 is 4.74 Å². The van der Waals surface area contributed by atoms with E-state index in [9.17, 15) is 0 Å². The number of ether oxygens (including phenoxy) is 1.